The predicted octanol–water partition coefficient (Wildman–Crippen LogP) is 2.32. The van der Waals surface area contributed by atoms with E-state index < -0.39 is 0 Å². The standard InChI is InChI=1S/C11H24N2O/c1-4-7-8-10(6-3)11(14)13(12)9-5-2/h10H,4-9,12H2,1-3H3. The molecule has 0 bridgehead atoms. The van der Waals surface area contributed by atoms with Crippen molar-refractivity contribution in [1.82, 2.24) is 5.01 Å². The molecule has 1 unspecified atom stereocenters. The highest BCUT2D eigenvalue weighted by Gasteiger charge is 2.19. The number of nitrogens with two attached hydrogens (primary N) is 1. The molecule has 0 saturated heterocycles. The van der Waals surface area contributed by atoms with Crippen LogP contribution in [-0.2, 0) is 4.79 Å². The van der Waals surface area contributed by atoms with Crippen molar-refractivity contribution in [2.75, 3.05) is 6.54 Å². The molecule has 0 heterocycles. The molecule has 3 nitrogen and oxygen atoms in total. The summed E-state index contributed by atoms with van der Waals surface area (Å²) < 4.78 is 0. The van der Waals surface area contributed by atoms with E-state index in [-0.39, 0.29) is 11.8 Å². The Morgan fingerprint density at radius 2 is 1.93 bits per heavy atom. The van der Waals surface area contributed by atoms with Gasteiger partial charge in [0.2, 0.25) is 5.91 Å². The Hall–Kier alpha value is -0.570. The first-order chi connectivity index (χ1) is 6.67. The number of unbranched alkanes of at least 4 members (excludes halogenated alkanes) is 1. The second kappa shape index (κ2) is 7.80. The highest BCUT2D eigenvalue weighted by atomic mass is 16.2. The number of amides is 1. The van der Waals surface area contributed by atoms with Crippen LogP contribution in [0.25, 0.3) is 0 Å². The summed E-state index contributed by atoms with van der Waals surface area (Å²) in [6.07, 6.45) is 5.05. The number of hydrazine groups is 1. The van der Waals surface area contributed by atoms with Crippen molar-refractivity contribution >= 4 is 5.91 Å². The molecule has 0 aromatic rings. The van der Waals surface area contributed by atoms with Crippen LogP contribution in [0.2, 0.25) is 0 Å². The molecule has 0 spiro atoms. The zero-order valence-corrected chi connectivity index (χ0v) is 9.75. The smallest absolute Gasteiger partial charge is 0.239 e. The van der Waals surface area contributed by atoms with E-state index in [0.717, 1.165) is 32.1 Å². The molecule has 0 aromatic carbocycles. The molecule has 0 aromatic heterocycles. The lowest BCUT2D eigenvalue weighted by molar-refractivity contribution is -0.136. The van der Waals surface area contributed by atoms with Gasteiger partial charge in [-0.25, -0.2) is 5.84 Å². The van der Waals surface area contributed by atoms with Crippen LogP contribution >= 0.6 is 0 Å². The minimum Gasteiger partial charge on any atom is -0.280 e. The summed E-state index contributed by atoms with van der Waals surface area (Å²) in [5.41, 5.74) is 0. The van der Waals surface area contributed by atoms with E-state index in [2.05, 4.69) is 13.8 Å². The van der Waals surface area contributed by atoms with Crippen LogP contribution in [0.5, 0.6) is 0 Å². The minimum absolute atomic E-state index is 0.114. The minimum atomic E-state index is 0.114. The number of hydrogen-bond acceptors (Lipinski definition) is 2. The summed E-state index contributed by atoms with van der Waals surface area (Å²) in [5.74, 6) is 5.90. The molecule has 0 aliphatic carbocycles. The Morgan fingerprint density at radius 3 is 2.36 bits per heavy atom. The molecule has 0 rings (SSSR count). The molecule has 0 aliphatic rings. The first-order valence-electron chi connectivity index (χ1n) is 5.73. The second-order valence-corrected chi connectivity index (χ2v) is 3.78. The van der Waals surface area contributed by atoms with Crippen molar-refractivity contribution in [1.29, 1.82) is 0 Å². The Balaban J connectivity index is 4.01. The second-order valence-electron chi connectivity index (χ2n) is 3.78. The Labute approximate surface area is 87.6 Å². The van der Waals surface area contributed by atoms with Gasteiger partial charge in [-0.2, -0.15) is 0 Å². The van der Waals surface area contributed by atoms with Crippen molar-refractivity contribution in [3.8, 4) is 0 Å². The maximum absolute atomic E-state index is 11.8. The number of nitrogens with zero attached hydrogens (tertiary/aromatic N) is 1. The molecule has 0 saturated carbocycles. The van der Waals surface area contributed by atoms with Gasteiger partial charge in [0, 0.05) is 12.5 Å². The fourth-order valence-electron chi connectivity index (χ4n) is 1.54. The van der Waals surface area contributed by atoms with Crippen molar-refractivity contribution in [3.63, 3.8) is 0 Å². The molecule has 3 heteroatoms. The van der Waals surface area contributed by atoms with Crippen LogP contribution in [0.1, 0.15) is 52.9 Å². The van der Waals surface area contributed by atoms with E-state index in [4.69, 9.17) is 5.84 Å². The number of hydrogen-bond donors (Lipinski definition) is 1. The van der Waals surface area contributed by atoms with Crippen LogP contribution in [0.3, 0.4) is 0 Å². The average Bonchev–Trinajstić information content (AvgIpc) is 2.19. The molecule has 1 amide bonds. The maximum atomic E-state index is 11.8. The number of rotatable bonds is 7. The van der Waals surface area contributed by atoms with Gasteiger partial charge in [0.05, 0.1) is 0 Å². The average molecular weight is 200 g/mol. The lowest BCUT2D eigenvalue weighted by Crippen LogP contribution is -2.41. The summed E-state index contributed by atoms with van der Waals surface area (Å²) in [6.45, 7) is 6.89. The SMILES string of the molecule is CCCCC(CC)C(=O)N(N)CCC. The Kier molecular flexibility index (Phi) is 7.48. The highest BCUT2D eigenvalue weighted by molar-refractivity contribution is 5.78. The monoisotopic (exact) mass is 200 g/mol. The van der Waals surface area contributed by atoms with Crippen LogP contribution in [0, 0.1) is 5.92 Å². The Bertz CT molecular complexity index is 159. The lowest BCUT2D eigenvalue weighted by Gasteiger charge is -2.21. The van der Waals surface area contributed by atoms with Crippen molar-refractivity contribution in [2.45, 2.75) is 52.9 Å². The molecule has 0 aliphatic heterocycles. The number of carbonyl (C=O) groups is 1. The van der Waals surface area contributed by atoms with Gasteiger partial charge in [0.15, 0.2) is 0 Å². The van der Waals surface area contributed by atoms with E-state index in [9.17, 15) is 4.79 Å². The van der Waals surface area contributed by atoms with E-state index in [1.54, 1.807) is 0 Å². The first kappa shape index (κ1) is 13.4. The molecule has 84 valence electrons. The third-order valence-corrected chi connectivity index (χ3v) is 2.50. The molecular formula is C11H24N2O. The van der Waals surface area contributed by atoms with Gasteiger partial charge < -0.3 is 0 Å². The summed E-state index contributed by atoms with van der Waals surface area (Å²) in [7, 11) is 0. The zero-order valence-electron chi connectivity index (χ0n) is 9.75. The van der Waals surface area contributed by atoms with Gasteiger partial charge in [0.25, 0.3) is 0 Å². The van der Waals surface area contributed by atoms with Gasteiger partial charge in [-0.3, -0.25) is 9.80 Å². The quantitative estimate of drug-likeness (QED) is 0.389. The van der Waals surface area contributed by atoms with Gasteiger partial charge in [-0.1, -0.05) is 33.6 Å². The summed E-state index contributed by atoms with van der Waals surface area (Å²) in [6, 6.07) is 0. The van der Waals surface area contributed by atoms with Crippen LogP contribution in [0.15, 0.2) is 0 Å². The zero-order chi connectivity index (χ0) is 11.0. The topological polar surface area (TPSA) is 46.3 Å². The first-order valence-corrected chi connectivity index (χ1v) is 5.73. The van der Waals surface area contributed by atoms with Crippen LogP contribution in [0.4, 0.5) is 0 Å². The lowest BCUT2D eigenvalue weighted by atomic mass is 9.98. The van der Waals surface area contributed by atoms with Gasteiger partial charge in [-0.15, -0.1) is 0 Å². The van der Waals surface area contributed by atoms with Crippen molar-refractivity contribution in [2.24, 2.45) is 11.8 Å². The molecular weight excluding hydrogens is 176 g/mol. The summed E-state index contributed by atoms with van der Waals surface area (Å²) >= 11 is 0. The van der Waals surface area contributed by atoms with Crippen molar-refractivity contribution < 1.29 is 4.79 Å². The fourth-order valence-corrected chi connectivity index (χ4v) is 1.54. The fraction of sp³-hybridized carbons (Fsp3) is 0.909. The number of carbonyl (C=O) groups excluding carboxylic acids is 1. The molecule has 2 N–H and O–H groups in total. The molecule has 0 fully saturated rings. The largest absolute Gasteiger partial charge is 0.280 e. The van der Waals surface area contributed by atoms with E-state index in [1.165, 1.54) is 5.01 Å². The van der Waals surface area contributed by atoms with E-state index in [1.807, 2.05) is 6.92 Å². The Morgan fingerprint density at radius 1 is 1.29 bits per heavy atom. The molecule has 0 radical (unpaired) electrons. The normalized spacial score (nSPS) is 12.6. The third kappa shape index (κ3) is 4.61. The van der Waals surface area contributed by atoms with Crippen molar-refractivity contribution in [3.05, 3.63) is 0 Å². The van der Waals surface area contributed by atoms with Crippen LogP contribution in [-0.4, -0.2) is 17.5 Å². The third-order valence-electron chi connectivity index (χ3n) is 2.50. The summed E-state index contributed by atoms with van der Waals surface area (Å²) in [4.78, 5) is 11.8. The summed E-state index contributed by atoms with van der Waals surface area (Å²) in [5, 5.41) is 1.38. The van der Waals surface area contributed by atoms with Gasteiger partial charge in [0.1, 0.15) is 0 Å². The molecule has 14 heavy (non-hydrogen) atoms. The van der Waals surface area contributed by atoms with Crippen LogP contribution < -0.4 is 5.84 Å². The maximum Gasteiger partial charge on any atom is 0.239 e. The van der Waals surface area contributed by atoms with Gasteiger partial charge in [-0.05, 0) is 19.3 Å². The van der Waals surface area contributed by atoms with E-state index >= 15 is 0 Å². The van der Waals surface area contributed by atoms with E-state index in [0.29, 0.717) is 6.54 Å². The molecule has 1 atom stereocenters. The predicted molar refractivity (Wildman–Crippen MR) is 59.5 cm³/mol. The van der Waals surface area contributed by atoms with Gasteiger partial charge >= 0.3 is 0 Å². The highest BCUT2D eigenvalue weighted by Crippen LogP contribution is 2.14.